The van der Waals surface area contributed by atoms with Crippen LogP contribution >= 0.6 is 22.9 Å². The average Bonchev–Trinajstić information content (AvgIpc) is 2.82. The van der Waals surface area contributed by atoms with Crippen LogP contribution in [-0.2, 0) is 6.54 Å². The smallest absolute Gasteiger partial charge is 0.222 e. The van der Waals surface area contributed by atoms with Gasteiger partial charge in [-0.25, -0.2) is 4.98 Å². The number of aromatic nitrogens is 2. The van der Waals surface area contributed by atoms with Gasteiger partial charge >= 0.3 is 0 Å². The van der Waals surface area contributed by atoms with Crippen molar-refractivity contribution < 1.29 is 0 Å². The first-order valence-electron chi connectivity index (χ1n) is 5.65. The quantitative estimate of drug-likeness (QED) is 0.936. The molecular formula is C12H15ClN4S. The summed E-state index contributed by atoms with van der Waals surface area (Å²) in [5.41, 5.74) is 5.63. The fourth-order valence-electron chi connectivity index (χ4n) is 1.65. The first-order chi connectivity index (χ1) is 8.58. The van der Waals surface area contributed by atoms with Crippen molar-refractivity contribution in [1.82, 2.24) is 9.97 Å². The van der Waals surface area contributed by atoms with Crippen molar-refractivity contribution in [2.75, 3.05) is 10.6 Å². The van der Waals surface area contributed by atoms with E-state index in [1.54, 1.807) is 17.5 Å². The molecule has 2 aromatic heterocycles. The van der Waals surface area contributed by atoms with Crippen LogP contribution in [0.2, 0.25) is 5.02 Å². The van der Waals surface area contributed by atoms with Gasteiger partial charge < -0.3 is 10.6 Å². The minimum Gasteiger partial charge on any atom is -0.368 e. The van der Waals surface area contributed by atoms with Gasteiger partial charge in [-0.1, -0.05) is 17.7 Å². The topological polar surface area (TPSA) is 55.0 Å². The highest BCUT2D eigenvalue weighted by Gasteiger charge is 2.17. The maximum absolute atomic E-state index is 6.16. The highest BCUT2D eigenvalue weighted by molar-refractivity contribution is 7.09. The number of thiophene rings is 1. The van der Waals surface area contributed by atoms with Crippen LogP contribution in [0.25, 0.3) is 0 Å². The molecule has 2 heterocycles. The summed E-state index contributed by atoms with van der Waals surface area (Å²) in [6.45, 7) is 4.97. The van der Waals surface area contributed by atoms with Crippen LogP contribution in [0.1, 0.15) is 18.7 Å². The molecule has 2 aromatic rings. The zero-order chi connectivity index (χ0) is 13.1. The number of anilines is 2. The van der Waals surface area contributed by atoms with Crippen molar-refractivity contribution in [3.63, 3.8) is 0 Å². The number of nitrogens with zero attached hydrogens (tertiary/aromatic N) is 3. The molecule has 0 bridgehead atoms. The minimum atomic E-state index is 0.242. The van der Waals surface area contributed by atoms with Crippen LogP contribution in [0.15, 0.2) is 23.7 Å². The molecule has 2 N–H and O–H groups in total. The highest BCUT2D eigenvalue weighted by Crippen LogP contribution is 2.27. The van der Waals surface area contributed by atoms with E-state index in [0.717, 1.165) is 6.54 Å². The molecular weight excluding hydrogens is 268 g/mol. The van der Waals surface area contributed by atoms with E-state index in [1.165, 1.54) is 4.88 Å². The molecule has 0 aliphatic rings. The van der Waals surface area contributed by atoms with Crippen molar-refractivity contribution in [2.24, 2.45) is 0 Å². The fraction of sp³-hybridized carbons (Fsp3) is 0.333. The van der Waals surface area contributed by atoms with Gasteiger partial charge in [0.2, 0.25) is 5.95 Å². The van der Waals surface area contributed by atoms with Crippen LogP contribution in [0.5, 0.6) is 0 Å². The molecule has 0 radical (unpaired) electrons. The van der Waals surface area contributed by atoms with Gasteiger partial charge in [-0.05, 0) is 25.3 Å². The Balaban J connectivity index is 2.32. The Morgan fingerprint density at radius 1 is 1.50 bits per heavy atom. The van der Waals surface area contributed by atoms with E-state index in [9.17, 15) is 0 Å². The molecule has 0 aromatic carbocycles. The first-order valence-corrected chi connectivity index (χ1v) is 6.90. The van der Waals surface area contributed by atoms with Crippen molar-refractivity contribution in [1.29, 1.82) is 0 Å². The summed E-state index contributed by atoms with van der Waals surface area (Å²) < 4.78 is 0. The lowest BCUT2D eigenvalue weighted by Crippen LogP contribution is -2.31. The summed E-state index contributed by atoms with van der Waals surface area (Å²) in [7, 11) is 0. The normalized spacial score (nSPS) is 10.9. The average molecular weight is 283 g/mol. The van der Waals surface area contributed by atoms with Crippen LogP contribution in [0.3, 0.4) is 0 Å². The Bertz CT molecular complexity index is 513. The van der Waals surface area contributed by atoms with E-state index in [2.05, 4.69) is 40.2 Å². The zero-order valence-electron chi connectivity index (χ0n) is 10.3. The third kappa shape index (κ3) is 2.91. The van der Waals surface area contributed by atoms with E-state index < -0.39 is 0 Å². The van der Waals surface area contributed by atoms with E-state index >= 15 is 0 Å². The van der Waals surface area contributed by atoms with Gasteiger partial charge in [0, 0.05) is 10.9 Å². The minimum absolute atomic E-state index is 0.242. The number of hydrogen-bond acceptors (Lipinski definition) is 5. The van der Waals surface area contributed by atoms with Crippen LogP contribution in [0.4, 0.5) is 11.8 Å². The third-order valence-electron chi connectivity index (χ3n) is 2.55. The lowest BCUT2D eigenvalue weighted by atomic mass is 10.3. The third-order valence-corrected chi connectivity index (χ3v) is 3.67. The standard InChI is InChI=1S/C12H15ClN4S/c1-8(2)17(7-9-4-3-5-18-9)11-10(13)6-15-12(14)16-11/h3-6,8H,7H2,1-2H3,(H2,14,15,16). The molecule has 0 fully saturated rings. The Hall–Kier alpha value is -1.33. The van der Waals surface area contributed by atoms with E-state index in [1.807, 2.05) is 6.07 Å². The molecule has 0 atom stereocenters. The molecule has 6 heteroatoms. The predicted octanol–water partition coefficient (Wildman–Crippen LogP) is 3.19. The molecule has 0 spiro atoms. The maximum atomic E-state index is 6.16. The predicted molar refractivity (Wildman–Crippen MR) is 77.1 cm³/mol. The van der Waals surface area contributed by atoms with Gasteiger partial charge in [0.05, 0.1) is 12.7 Å². The lowest BCUT2D eigenvalue weighted by Gasteiger charge is -2.28. The Labute approximate surface area is 115 Å². The molecule has 0 amide bonds. The van der Waals surface area contributed by atoms with Gasteiger partial charge in [0.25, 0.3) is 0 Å². The summed E-state index contributed by atoms with van der Waals surface area (Å²) in [6.07, 6.45) is 1.54. The van der Waals surface area contributed by atoms with Crippen LogP contribution < -0.4 is 10.6 Å². The van der Waals surface area contributed by atoms with Gasteiger partial charge in [-0.2, -0.15) is 4.98 Å². The van der Waals surface area contributed by atoms with Crippen molar-refractivity contribution in [2.45, 2.75) is 26.4 Å². The number of nitrogen functional groups attached to an aromatic ring is 1. The number of halogens is 1. The molecule has 2 rings (SSSR count). The Morgan fingerprint density at radius 2 is 2.28 bits per heavy atom. The van der Waals surface area contributed by atoms with Crippen LogP contribution in [0, 0.1) is 0 Å². The zero-order valence-corrected chi connectivity index (χ0v) is 11.9. The van der Waals surface area contributed by atoms with E-state index in [4.69, 9.17) is 17.3 Å². The van der Waals surface area contributed by atoms with Gasteiger partial charge in [0.15, 0.2) is 5.82 Å². The molecule has 0 saturated heterocycles. The summed E-state index contributed by atoms with van der Waals surface area (Å²) in [5.74, 6) is 0.929. The van der Waals surface area contributed by atoms with Gasteiger partial charge in [-0.3, -0.25) is 0 Å². The molecule has 0 aliphatic carbocycles. The fourth-order valence-corrected chi connectivity index (χ4v) is 2.55. The molecule has 0 unspecified atom stereocenters. The summed E-state index contributed by atoms with van der Waals surface area (Å²) in [6, 6.07) is 4.41. The maximum Gasteiger partial charge on any atom is 0.222 e. The Kier molecular flexibility index (Phi) is 4.04. The highest BCUT2D eigenvalue weighted by atomic mass is 35.5. The molecule has 0 aliphatic heterocycles. The molecule has 4 nitrogen and oxygen atoms in total. The Morgan fingerprint density at radius 3 is 2.89 bits per heavy atom. The summed E-state index contributed by atoms with van der Waals surface area (Å²) in [5, 5.41) is 2.58. The van der Waals surface area contributed by atoms with Gasteiger partial charge in [-0.15, -0.1) is 11.3 Å². The monoisotopic (exact) mass is 282 g/mol. The number of nitrogens with two attached hydrogens (primary N) is 1. The second-order valence-corrected chi connectivity index (χ2v) is 5.64. The molecule has 0 saturated carbocycles. The lowest BCUT2D eigenvalue weighted by molar-refractivity contribution is 0.676. The van der Waals surface area contributed by atoms with E-state index in [-0.39, 0.29) is 12.0 Å². The largest absolute Gasteiger partial charge is 0.368 e. The van der Waals surface area contributed by atoms with Gasteiger partial charge in [0.1, 0.15) is 5.02 Å². The summed E-state index contributed by atoms with van der Waals surface area (Å²) >= 11 is 7.87. The number of hydrogen-bond donors (Lipinski definition) is 1. The molecule has 96 valence electrons. The first kappa shape index (κ1) is 13.1. The van der Waals surface area contributed by atoms with Crippen LogP contribution in [-0.4, -0.2) is 16.0 Å². The van der Waals surface area contributed by atoms with Crippen molar-refractivity contribution >= 4 is 34.7 Å². The summed E-state index contributed by atoms with van der Waals surface area (Å²) in [4.78, 5) is 11.5. The second kappa shape index (κ2) is 5.54. The second-order valence-electron chi connectivity index (χ2n) is 4.20. The number of rotatable bonds is 4. The van der Waals surface area contributed by atoms with Crippen molar-refractivity contribution in [3.05, 3.63) is 33.6 Å². The van der Waals surface area contributed by atoms with E-state index in [0.29, 0.717) is 10.8 Å². The van der Waals surface area contributed by atoms with Crippen molar-refractivity contribution in [3.8, 4) is 0 Å². The molecule has 18 heavy (non-hydrogen) atoms. The SMILES string of the molecule is CC(C)N(Cc1cccs1)c1nc(N)ncc1Cl.